The van der Waals surface area contributed by atoms with Crippen molar-refractivity contribution < 1.29 is 19.4 Å². The average Bonchev–Trinajstić information content (AvgIpc) is 2.23. The Morgan fingerprint density at radius 3 is 2.58 bits per heavy atom. The minimum atomic E-state index is -0.661. The van der Waals surface area contributed by atoms with Gasteiger partial charge in [0.25, 0.3) is 5.91 Å². The molecule has 0 spiro atoms. The third-order valence-corrected chi connectivity index (χ3v) is 2.55. The second-order valence-electron chi connectivity index (χ2n) is 5.79. The number of aromatic hydroxyl groups is 1. The van der Waals surface area contributed by atoms with Crippen LogP contribution < -0.4 is 5.32 Å². The molecule has 19 heavy (non-hydrogen) atoms. The standard InChI is InChI=1S/C14H20FNO3/c1-14(2,3)7-10(17)8-16-13(19)11-5-4-9(15)6-12(11)18/h4-6,10,17-18H,7-8H2,1-3H3,(H,16,19). The number of phenols is 1. The molecule has 1 amide bonds. The maximum Gasteiger partial charge on any atom is 0.255 e. The minimum absolute atomic E-state index is 0.00985. The largest absolute Gasteiger partial charge is 0.507 e. The van der Waals surface area contributed by atoms with Crippen LogP contribution in [0, 0.1) is 11.2 Å². The Bertz CT molecular complexity index is 454. The Balaban J connectivity index is 2.56. The van der Waals surface area contributed by atoms with Gasteiger partial charge in [-0.15, -0.1) is 0 Å². The number of carbonyl (C=O) groups excluding carboxylic acids is 1. The normalized spacial score (nSPS) is 13.1. The second kappa shape index (κ2) is 6.02. The third-order valence-electron chi connectivity index (χ3n) is 2.55. The average molecular weight is 269 g/mol. The van der Waals surface area contributed by atoms with Crippen LogP contribution in [0.4, 0.5) is 4.39 Å². The van der Waals surface area contributed by atoms with Gasteiger partial charge in [-0.1, -0.05) is 20.8 Å². The number of nitrogens with one attached hydrogen (secondary N) is 1. The molecule has 0 aromatic heterocycles. The topological polar surface area (TPSA) is 69.6 Å². The molecule has 1 aromatic carbocycles. The number of hydrogen-bond donors (Lipinski definition) is 3. The van der Waals surface area contributed by atoms with E-state index in [0.717, 1.165) is 12.1 Å². The highest BCUT2D eigenvalue weighted by Crippen LogP contribution is 2.21. The van der Waals surface area contributed by atoms with Gasteiger partial charge in [0.1, 0.15) is 11.6 Å². The van der Waals surface area contributed by atoms with Crippen molar-refractivity contribution >= 4 is 5.91 Å². The fourth-order valence-electron chi connectivity index (χ4n) is 1.78. The lowest BCUT2D eigenvalue weighted by Crippen LogP contribution is -2.34. The number of phenolic OH excluding ortho intramolecular Hbond substituents is 1. The number of amides is 1. The number of benzene rings is 1. The summed E-state index contributed by atoms with van der Waals surface area (Å²) in [5.74, 6) is -1.56. The lowest BCUT2D eigenvalue weighted by atomic mass is 9.89. The van der Waals surface area contributed by atoms with Gasteiger partial charge < -0.3 is 15.5 Å². The fourth-order valence-corrected chi connectivity index (χ4v) is 1.78. The first-order chi connectivity index (χ1) is 8.69. The van der Waals surface area contributed by atoms with E-state index >= 15 is 0 Å². The molecule has 0 saturated heterocycles. The van der Waals surface area contributed by atoms with E-state index in [2.05, 4.69) is 5.32 Å². The first-order valence-electron chi connectivity index (χ1n) is 6.14. The van der Waals surface area contributed by atoms with Crippen molar-refractivity contribution in [1.29, 1.82) is 0 Å². The molecular weight excluding hydrogens is 249 g/mol. The molecule has 106 valence electrons. The Morgan fingerprint density at radius 2 is 2.05 bits per heavy atom. The van der Waals surface area contributed by atoms with E-state index < -0.39 is 23.6 Å². The van der Waals surface area contributed by atoms with E-state index in [1.807, 2.05) is 20.8 Å². The highest BCUT2D eigenvalue weighted by Gasteiger charge is 2.18. The van der Waals surface area contributed by atoms with Gasteiger partial charge in [0, 0.05) is 12.6 Å². The summed E-state index contributed by atoms with van der Waals surface area (Å²) < 4.78 is 12.8. The van der Waals surface area contributed by atoms with Gasteiger partial charge in [-0.2, -0.15) is 0 Å². The van der Waals surface area contributed by atoms with Crippen LogP contribution in [0.15, 0.2) is 18.2 Å². The molecule has 1 aromatic rings. The number of carbonyl (C=O) groups is 1. The van der Waals surface area contributed by atoms with Gasteiger partial charge in [-0.25, -0.2) is 4.39 Å². The smallest absolute Gasteiger partial charge is 0.255 e. The van der Waals surface area contributed by atoms with Crippen molar-refractivity contribution in [2.75, 3.05) is 6.54 Å². The SMILES string of the molecule is CC(C)(C)CC(O)CNC(=O)c1ccc(F)cc1O. The van der Waals surface area contributed by atoms with Crippen molar-refractivity contribution in [3.63, 3.8) is 0 Å². The van der Waals surface area contributed by atoms with Gasteiger partial charge in [0.05, 0.1) is 11.7 Å². The molecule has 4 nitrogen and oxygen atoms in total. The maximum absolute atomic E-state index is 12.8. The molecule has 0 bridgehead atoms. The van der Waals surface area contributed by atoms with E-state index in [0.29, 0.717) is 6.42 Å². The Kier molecular flexibility index (Phi) is 4.89. The molecule has 5 heteroatoms. The summed E-state index contributed by atoms with van der Waals surface area (Å²) >= 11 is 0. The van der Waals surface area contributed by atoms with Crippen LogP contribution in [-0.2, 0) is 0 Å². The van der Waals surface area contributed by atoms with Gasteiger partial charge in [-0.3, -0.25) is 4.79 Å². The molecule has 1 unspecified atom stereocenters. The van der Waals surface area contributed by atoms with Crippen LogP contribution >= 0.6 is 0 Å². The third kappa shape index (κ3) is 5.26. The molecule has 0 aliphatic rings. The number of halogens is 1. The molecular formula is C14H20FNO3. The van der Waals surface area contributed by atoms with Crippen molar-refractivity contribution in [2.45, 2.75) is 33.3 Å². The van der Waals surface area contributed by atoms with Gasteiger partial charge in [-0.05, 0) is 24.0 Å². The van der Waals surface area contributed by atoms with Crippen LogP contribution in [-0.4, -0.2) is 28.8 Å². The van der Waals surface area contributed by atoms with Gasteiger partial charge in [0.15, 0.2) is 0 Å². The molecule has 0 saturated carbocycles. The summed E-state index contributed by atoms with van der Waals surface area (Å²) in [6.45, 7) is 6.06. The second-order valence-corrected chi connectivity index (χ2v) is 5.79. The molecule has 0 heterocycles. The quantitative estimate of drug-likeness (QED) is 0.783. The first-order valence-corrected chi connectivity index (χ1v) is 6.14. The van der Waals surface area contributed by atoms with Gasteiger partial charge >= 0.3 is 0 Å². The number of hydrogen-bond acceptors (Lipinski definition) is 3. The molecule has 1 rings (SSSR count). The Labute approximate surface area is 112 Å². The lowest BCUT2D eigenvalue weighted by molar-refractivity contribution is 0.0866. The summed E-state index contributed by atoms with van der Waals surface area (Å²) in [5, 5.41) is 21.7. The lowest BCUT2D eigenvalue weighted by Gasteiger charge is -2.22. The Hall–Kier alpha value is -1.62. The van der Waals surface area contributed by atoms with E-state index in [4.69, 9.17) is 0 Å². The van der Waals surface area contributed by atoms with Crippen LogP contribution in [0.3, 0.4) is 0 Å². The summed E-state index contributed by atoms with van der Waals surface area (Å²) in [7, 11) is 0. The fraction of sp³-hybridized carbons (Fsp3) is 0.500. The summed E-state index contributed by atoms with van der Waals surface area (Å²) in [6, 6.07) is 3.18. The van der Waals surface area contributed by atoms with Crippen LogP contribution in [0.25, 0.3) is 0 Å². The highest BCUT2D eigenvalue weighted by molar-refractivity contribution is 5.96. The predicted octanol–water partition coefficient (Wildman–Crippen LogP) is 2.06. The van der Waals surface area contributed by atoms with E-state index in [1.54, 1.807) is 0 Å². The Morgan fingerprint density at radius 1 is 1.42 bits per heavy atom. The van der Waals surface area contributed by atoms with Crippen molar-refractivity contribution in [3.05, 3.63) is 29.6 Å². The van der Waals surface area contributed by atoms with E-state index in [-0.39, 0.29) is 17.5 Å². The van der Waals surface area contributed by atoms with Crippen LogP contribution in [0.2, 0.25) is 0 Å². The van der Waals surface area contributed by atoms with Crippen molar-refractivity contribution in [3.8, 4) is 5.75 Å². The predicted molar refractivity (Wildman–Crippen MR) is 70.5 cm³/mol. The minimum Gasteiger partial charge on any atom is -0.507 e. The van der Waals surface area contributed by atoms with E-state index in [9.17, 15) is 19.4 Å². The molecule has 1 atom stereocenters. The number of aliphatic hydroxyl groups excluding tert-OH is 1. The highest BCUT2D eigenvalue weighted by atomic mass is 19.1. The zero-order valence-corrected chi connectivity index (χ0v) is 11.4. The molecule has 0 radical (unpaired) electrons. The zero-order valence-electron chi connectivity index (χ0n) is 11.4. The monoisotopic (exact) mass is 269 g/mol. The van der Waals surface area contributed by atoms with Gasteiger partial charge in [0.2, 0.25) is 0 Å². The summed E-state index contributed by atoms with van der Waals surface area (Å²) in [5.41, 5.74) is -0.0494. The maximum atomic E-state index is 12.8. The molecule has 0 aliphatic carbocycles. The summed E-state index contributed by atoms with van der Waals surface area (Å²) in [6.07, 6.45) is -0.116. The van der Waals surface area contributed by atoms with Crippen molar-refractivity contribution in [1.82, 2.24) is 5.32 Å². The molecule has 0 aliphatic heterocycles. The summed E-state index contributed by atoms with van der Waals surface area (Å²) in [4.78, 5) is 11.7. The van der Waals surface area contributed by atoms with Crippen LogP contribution in [0.1, 0.15) is 37.6 Å². The first kappa shape index (κ1) is 15.4. The van der Waals surface area contributed by atoms with Crippen LogP contribution in [0.5, 0.6) is 5.75 Å². The number of aliphatic hydroxyl groups is 1. The molecule has 0 fully saturated rings. The zero-order chi connectivity index (χ0) is 14.6. The van der Waals surface area contributed by atoms with E-state index in [1.165, 1.54) is 6.07 Å². The van der Waals surface area contributed by atoms with Crippen molar-refractivity contribution in [2.24, 2.45) is 5.41 Å². The number of rotatable bonds is 4. The molecule has 3 N–H and O–H groups in total.